The van der Waals surface area contributed by atoms with Gasteiger partial charge in [0.25, 0.3) is 0 Å². The van der Waals surface area contributed by atoms with Crippen molar-refractivity contribution in [3.05, 3.63) is 0 Å². The van der Waals surface area contributed by atoms with Crippen LogP contribution in [-0.4, -0.2) is 0 Å². The van der Waals surface area contributed by atoms with Gasteiger partial charge in [-0.2, -0.15) is 0 Å². The van der Waals surface area contributed by atoms with E-state index >= 15 is 0 Å². The monoisotopic (exact) mass is 156 g/mol. The van der Waals surface area contributed by atoms with Gasteiger partial charge < -0.3 is 0 Å². The van der Waals surface area contributed by atoms with E-state index in [9.17, 15) is 0 Å². The van der Waals surface area contributed by atoms with E-state index in [4.69, 9.17) is 0 Å². The molecule has 0 saturated carbocycles. The molecule has 0 atom stereocenters. The SMILES string of the molecule is P=NN=P.[Zn]. The van der Waals surface area contributed by atoms with Gasteiger partial charge >= 0.3 is 0 Å². The van der Waals surface area contributed by atoms with Crippen LogP contribution in [0.4, 0.5) is 0 Å². The zero-order valence-electron chi connectivity index (χ0n) is 2.60. The average molecular weight is 157 g/mol. The van der Waals surface area contributed by atoms with Crippen LogP contribution >= 0.6 is 18.1 Å². The van der Waals surface area contributed by atoms with Crippen LogP contribution in [0.3, 0.4) is 0 Å². The van der Waals surface area contributed by atoms with Crippen LogP contribution in [0, 0.1) is 0 Å². The molecule has 0 aliphatic heterocycles. The average Bonchev–Trinajstić information content (AvgIpc) is 1.37. The molecule has 24 valence electrons. The maximum Gasteiger partial charge on any atom is 0.0180 e. The molecule has 0 amide bonds. The first-order chi connectivity index (χ1) is 1.91. The molecule has 0 aliphatic rings. The molecular weight excluding hydrogens is 155 g/mol. The topological polar surface area (TPSA) is 24.7 Å². The van der Waals surface area contributed by atoms with Gasteiger partial charge in [0.1, 0.15) is 0 Å². The molecular formula is H2N2P2Zn. The molecule has 0 bridgehead atoms. The van der Waals surface area contributed by atoms with E-state index in [0.29, 0.717) is 0 Å². The molecule has 0 saturated heterocycles. The first-order valence-electron chi connectivity index (χ1n) is 0.647. The molecule has 0 aromatic carbocycles. The van der Waals surface area contributed by atoms with E-state index in [1.165, 1.54) is 0 Å². The Hall–Kier alpha value is 0.823. The minimum absolute atomic E-state index is 0. The first-order valence-corrected chi connectivity index (χ1v) is 1.54. The summed E-state index contributed by atoms with van der Waals surface area (Å²) in [5.41, 5.74) is 0. The molecule has 5 heteroatoms. The second kappa shape index (κ2) is 8.85. The minimum atomic E-state index is 0. The third-order valence-electron chi connectivity index (χ3n) is 0.0500. The molecule has 0 heterocycles. The van der Waals surface area contributed by atoms with Crippen molar-refractivity contribution < 1.29 is 19.5 Å². The van der Waals surface area contributed by atoms with Crippen molar-refractivity contribution in [3.8, 4) is 0 Å². The van der Waals surface area contributed by atoms with Gasteiger partial charge in [0.15, 0.2) is 0 Å². The number of hydrogen-bond acceptors (Lipinski definition) is 0. The Labute approximate surface area is 47.7 Å². The summed E-state index contributed by atoms with van der Waals surface area (Å²) in [4.78, 5) is 6.16. The molecule has 0 unspecified atom stereocenters. The third-order valence-corrected chi connectivity index (χ3v) is 0.450. The summed E-state index contributed by atoms with van der Waals surface area (Å²) in [6, 6.07) is 0. The second-order valence-electron chi connectivity index (χ2n) is 0.200. The van der Waals surface area contributed by atoms with Crippen LogP contribution in [0.15, 0.2) is 9.71 Å². The van der Waals surface area contributed by atoms with E-state index in [2.05, 4.69) is 27.8 Å². The van der Waals surface area contributed by atoms with Crippen LogP contribution in [0.1, 0.15) is 0 Å². The van der Waals surface area contributed by atoms with Crippen molar-refractivity contribution in [1.82, 2.24) is 0 Å². The van der Waals surface area contributed by atoms with Crippen molar-refractivity contribution in [2.45, 2.75) is 0 Å². The van der Waals surface area contributed by atoms with E-state index in [0.717, 1.165) is 0 Å². The summed E-state index contributed by atoms with van der Waals surface area (Å²) < 4.78 is 0. The van der Waals surface area contributed by atoms with Crippen LogP contribution < -0.4 is 0 Å². The molecule has 5 heavy (non-hydrogen) atoms. The fourth-order valence-electron chi connectivity index (χ4n) is 0. The van der Waals surface area contributed by atoms with Crippen molar-refractivity contribution in [2.75, 3.05) is 0 Å². The van der Waals surface area contributed by atoms with Crippen LogP contribution in [0.2, 0.25) is 0 Å². The maximum atomic E-state index is 3.08. The van der Waals surface area contributed by atoms with Crippen LogP contribution in [0.25, 0.3) is 0 Å². The fourth-order valence-corrected chi connectivity index (χ4v) is 0. The van der Waals surface area contributed by atoms with Gasteiger partial charge in [-0.25, -0.2) is 0 Å². The van der Waals surface area contributed by atoms with Gasteiger partial charge in [-0.05, 0) is 0 Å². The normalized spacial score (nSPS) is 4.00. The van der Waals surface area contributed by atoms with E-state index in [1.807, 2.05) is 0 Å². The van der Waals surface area contributed by atoms with Crippen molar-refractivity contribution in [3.63, 3.8) is 0 Å². The summed E-state index contributed by atoms with van der Waals surface area (Å²) in [6.45, 7) is 0. The van der Waals surface area contributed by atoms with Crippen LogP contribution in [0.5, 0.6) is 0 Å². The van der Waals surface area contributed by atoms with E-state index < -0.39 is 0 Å². The van der Waals surface area contributed by atoms with Gasteiger partial charge in [0.2, 0.25) is 0 Å². The molecule has 0 aromatic heterocycles. The smallest absolute Gasteiger partial charge is 0.0180 e. The van der Waals surface area contributed by atoms with E-state index in [1.54, 1.807) is 0 Å². The van der Waals surface area contributed by atoms with Gasteiger partial charge in [0.05, 0.1) is 0 Å². The van der Waals surface area contributed by atoms with E-state index in [-0.39, 0.29) is 19.5 Å². The molecule has 0 aliphatic carbocycles. The minimum Gasteiger partial charge on any atom is -0.135 e. The van der Waals surface area contributed by atoms with Gasteiger partial charge in [-0.3, -0.25) is 0 Å². The van der Waals surface area contributed by atoms with Gasteiger partial charge in [-0.1, -0.05) is 0 Å². The standard InChI is InChI=1S/H2N2P2.Zn/c3-1-2-4;/h3-4H;. The van der Waals surface area contributed by atoms with Crippen LogP contribution in [-0.2, 0) is 19.5 Å². The van der Waals surface area contributed by atoms with Crippen molar-refractivity contribution >= 4 is 18.1 Å². The Morgan fingerprint density at radius 2 is 1.20 bits per heavy atom. The van der Waals surface area contributed by atoms with Gasteiger partial charge in [-0.15, -0.1) is 9.71 Å². The van der Waals surface area contributed by atoms with Crippen molar-refractivity contribution in [1.29, 1.82) is 0 Å². The predicted molar refractivity (Wildman–Crippen MR) is 21.5 cm³/mol. The maximum absolute atomic E-state index is 3.08. The third kappa shape index (κ3) is 11.6. The fraction of sp³-hybridized carbons (Fsp3) is 0. The Balaban J connectivity index is 0. The first kappa shape index (κ1) is 9.27. The summed E-state index contributed by atoms with van der Waals surface area (Å²) in [7, 11) is 5.40. The van der Waals surface area contributed by atoms with Gasteiger partial charge in [0, 0.05) is 37.5 Å². The quantitative estimate of drug-likeness (QED) is 0.313. The summed E-state index contributed by atoms with van der Waals surface area (Å²) in [5.74, 6) is 0. The summed E-state index contributed by atoms with van der Waals surface area (Å²) in [5, 5.41) is 0. The number of rotatable bonds is 1. The molecule has 0 spiro atoms. The number of hydrogen-bond donors (Lipinski definition) is 0. The second-order valence-corrected chi connectivity index (χ2v) is 0.600. The molecule has 0 fully saturated rings. The molecule has 0 aromatic rings. The summed E-state index contributed by atoms with van der Waals surface area (Å²) in [6.07, 6.45) is 0. The zero-order chi connectivity index (χ0) is 3.41. The molecule has 0 radical (unpaired) electrons. The Morgan fingerprint density at radius 3 is 1.20 bits per heavy atom. The zero-order valence-corrected chi connectivity index (χ0v) is 7.57. The Kier molecular flexibility index (Phi) is 16.4. The Bertz CT molecular complexity index is 28.6. The molecule has 0 N–H and O–H groups in total. The number of nitrogens with zero attached hydrogens (tertiary/aromatic N) is 2. The molecule has 2 nitrogen and oxygen atoms in total. The Morgan fingerprint density at radius 1 is 1.00 bits per heavy atom. The predicted octanol–water partition coefficient (Wildman–Crippen LogP) is 1.55. The molecule has 0 rings (SSSR count). The van der Waals surface area contributed by atoms with Crippen molar-refractivity contribution in [2.24, 2.45) is 9.71 Å². The summed E-state index contributed by atoms with van der Waals surface area (Å²) >= 11 is 0. The largest absolute Gasteiger partial charge is 0.135 e.